The number of nitrogens with one attached hydrogen (secondary N) is 1. The summed E-state index contributed by atoms with van der Waals surface area (Å²) in [6.45, 7) is 6.14. The van der Waals surface area contributed by atoms with Gasteiger partial charge in [-0.05, 0) is 30.7 Å². The zero-order chi connectivity index (χ0) is 18.3. The monoisotopic (exact) mass is 347 g/mol. The van der Waals surface area contributed by atoms with Crippen molar-refractivity contribution in [2.75, 3.05) is 0 Å². The third-order valence-electron chi connectivity index (χ3n) is 4.88. The van der Waals surface area contributed by atoms with E-state index in [1.54, 1.807) is 0 Å². The number of rotatable bonds is 3. The van der Waals surface area contributed by atoms with Crippen LogP contribution in [0.15, 0.2) is 58.0 Å². The van der Waals surface area contributed by atoms with Gasteiger partial charge in [0.15, 0.2) is 5.58 Å². The molecule has 0 radical (unpaired) electrons. The molecule has 1 aliphatic heterocycles. The molecule has 2 aromatic carbocycles. The predicted octanol–water partition coefficient (Wildman–Crippen LogP) is 4.23. The molecule has 0 saturated carbocycles. The molecule has 0 fully saturated rings. The van der Waals surface area contributed by atoms with Gasteiger partial charge in [0, 0.05) is 17.4 Å². The fourth-order valence-corrected chi connectivity index (χ4v) is 3.41. The van der Waals surface area contributed by atoms with Gasteiger partial charge in [-0.3, -0.25) is 4.79 Å². The Morgan fingerprint density at radius 1 is 1.15 bits per heavy atom. The molecule has 132 valence electrons. The highest BCUT2D eigenvalue weighted by atomic mass is 16.3. The van der Waals surface area contributed by atoms with Gasteiger partial charge in [-0.1, -0.05) is 44.2 Å². The van der Waals surface area contributed by atoms with Crippen molar-refractivity contribution in [1.29, 1.82) is 0 Å². The van der Waals surface area contributed by atoms with Crippen molar-refractivity contribution in [3.05, 3.63) is 65.5 Å². The number of nitrogens with zero attached hydrogens (tertiary/aromatic N) is 2. The zero-order valence-corrected chi connectivity index (χ0v) is 15.1. The third kappa shape index (κ3) is 2.90. The minimum absolute atomic E-state index is 0.0553. The van der Waals surface area contributed by atoms with Crippen molar-refractivity contribution >= 4 is 22.7 Å². The molecular weight excluding hydrogens is 326 g/mol. The molecule has 3 aromatic rings. The van der Waals surface area contributed by atoms with Crippen LogP contribution in [0.5, 0.6) is 0 Å². The lowest BCUT2D eigenvalue weighted by molar-refractivity contribution is -0.122. The average molecular weight is 347 g/mol. The van der Waals surface area contributed by atoms with Gasteiger partial charge in [0.25, 0.3) is 0 Å². The van der Waals surface area contributed by atoms with E-state index in [1.165, 1.54) is 5.56 Å². The Bertz CT molecular complexity index is 1000. The summed E-state index contributed by atoms with van der Waals surface area (Å²) >= 11 is 0. The Balaban J connectivity index is 1.72. The summed E-state index contributed by atoms with van der Waals surface area (Å²) in [5.74, 6) is 0.719. The fraction of sp³-hybridized carbons (Fsp3) is 0.286. The average Bonchev–Trinajstić information content (AvgIpc) is 3.04. The standard InChI is InChI=1S/C21H21N3O2/c1-13(14-7-5-4-6-8-14)20-22-16-11-15(9-10-17(16)26-20)19-21(2,3)12-18(25)23-24-19/h4-11,13H,12H2,1-3H3,(H,23,25). The van der Waals surface area contributed by atoms with Gasteiger partial charge in [0.1, 0.15) is 5.52 Å². The molecule has 1 N–H and O–H groups in total. The Labute approximate surface area is 152 Å². The lowest BCUT2D eigenvalue weighted by atomic mass is 9.79. The Morgan fingerprint density at radius 2 is 1.92 bits per heavy atom. The number of carbonyl (C=O) groups is 1. The lowest BCUT2D eigenvalue weighted by Gasteiger charge is -2.29. The molecule has 5 heteroatoms. The minimum atomic E-state index is -0.320. The minimum Gasteiger partial charge on any atom is -0.440 e. The quantitative estimate of drug-likeness (QED) is 0.771. The largest absolute Gasteiger partial charge is 0.440 e. The van der Waals surface area contributed by atoms with Crippen molar-refractivity contribution in [2.24, 2.45) is 10.5 Å². The zero-order valence-electron chi connectivity index (χ0n) is 15.1. The first-order chi connectivity index (χ1) is 12.4. The van der Waals surface area contributed by atoms with Crippen LogP contribution in [-0.2, 0) is 4.79 Å². The van der Waals surface area contributed by atoms with Gasteiger partial charge in [-0.2, -0.15) is 5.10 Å². The van der Waals surface area contributed by atoms with Crippen LogP contribution in [-0.4, -0.2) is 16.6 Å². The molecule has 5 nitrogen and oxygen atoms in total. The van der Waals surface area contributed by atoms with E-state index in [9.17, 15) is 4.79 Å². The summed E-state index contributed by atoms with van der Waals surface area (Å²) in [5.41, 5.74) is 6.80. The second-order valence-electron chi connectivity index (χ2n) is 7.42. The molecule has 0 bridgehead atoms. The molecule has 0 aliphatic carbocycles. The Kier molecular flexibility index (Phi) is 3.87. The van der Waals surface area contributed by atoms with E-state index in [-0.39, 0.29) is 17.2 Å². The first kappa shape index (κ1) is 16.5. The van der Waals surface area contributed by atoms with Crippen molar-refractivity contribution in [3.63, 3.8) is 0 Å². The van der Waals surface area contributed by atoms with E-state index in [4.69, 9.17) is 9.40 Å². The third-order valence-corrected chi connectivity index (χ3v) is 4.88. The maximum absolute atomic E-state index is 11.6. The molecule has 2 heterocycles. The second-order valence-corrected chi connectivity index (χ2v) is 7.42. The highest BCUT2D eigenvalue weighted by Gasteiger charge is 2.33. The fourth-order valence-electron chi connectivity index (χ4n) is 3.41. The number of hydrogen-bond acceptors (Lipinski definition) is 4. The first-order valence-electron chi connectivity index (χ1n) is 8.77. The van der Waals surface area contributed by atoms with E-state index in [1.807, 2.05) is 50.2 Å². The van der Waals surface area contributed by atoms with E-state index in [2.05, 4.69) is 29.6 Å². The van der Waals surface area contributed by atoms with Crippen LogP contribution in [0.25, 0.3) is 11.1 Å². The topological polar surface area (TPSA) is 67.5 Å². The molecule has 1 unspecified atom stereocenters. The predicted molar refractivity (Wildman–Crippen MR) is 101 cm³/mol. The maximum Gasteiger partial charge on any atom is 0.241 e. The van der Waals surface area contributed by atoms with E-state index >= 15 is 0 Å². The summed E-state index contributed by atoms with van der Waals surface area (Å²) in [6.07, 6.45) is 0.416. The van der Waals surface area contributed by atoms with Gasteiger partial charge in [-0.25, -0.2) is 10.4 Å². The molecule has 1 aliphatic rings. The number of aromatic nitrogens is 1. The van der Waals surface area contributed by atoms with Gasteiger partial charge in [0.2, 0.25) is 11.8 Å². The number of fused-ring (bicyclic) bond motifs is 1. The molecule has 26 heavy (non-hydrogen) atoms. The second kappa shape index (κ2) is 6.09. The number of benzene rings is 2. The number of hydrogen-bond donors (Lipinski definition) is 1. The van der Waals surface area contributed by atoms with Gasteiger partial charge in [0.05, 0.1) is 11.6 Å². The van der Waals surface area contributed by atoms with Crippen molar-refractivity contribution in [3.8, 4) is 0 Å². The van der Waals surface area contributed by atoms with Crippen LogP contribution >= 0.6 is 0 Å². The molecule has 0 spiro atoms. The summed E-state index contributed by atoms with van der Waals surface area (Å²) in [7, 11) is 0. The van der Waals surface area contributed by atoms with Crippen LogP contribution in [0.4, 0.5) is 0 Å². The Hall–Kier alpha value is -2.95. The van der Waals surface area contributed by atoms with E-state index in [0.29, 0.717) is 12.3 Å². The van der Waals surface area contributed by atoms with E-state index < -0.39 is 0 Å². The molecule has 1 aromatic heterocycles. The van der Waals surface area contributed by atoms with Gasteiger partial charge in [-0.15, -0.1) is 0 Å². The molecule has 1 atom stereocenters. The summed E-state index contributed by atoms with van der Waals surface area (Å²) in [6, 6.07) is 16.1. The van der Waals surface area contributed by atoms with Crippen molar-refractivity contribution in [2.45, 2.75) is 33.1 Å². The Morgan fingerprint density at radius 3 is 2.65 bits per heavy atom. The number of carbonyl (C=O) groups excluding carboxylic acids is 1. The first-order valence-corrected chi connectivity index (χ1v) is 8.77. The van der Waals surface area contributed by atoms with Gasteiger partial charge < -0.3 is 4.42 Å². The maximum atomic E-state index is 11.6. The van der Waals surface area contributed by atoms with Gasteiger partial charge >= 0.3 is 0 Å². The number of hydrazone groups is 1. The smallest absolute Gasteiger partial charge is 0.241 e. The summed E-state index contributed by atoms with van der Waals surface area (Å²) < 4.78 is 5.97. The van der Waals surface area contributed by atoms with Crippen LogP contribution in [0.2, 0.25) is 0 Å². The molecule has 4 rings (SSSR count). The van der Waals surface area contributed by atoms with Crippen LogP contribution < -0.4 is 5.43 Å². The highest BCUT2D eigenvalue weighted by molar-refractivity contribution is 6.09. The SMILES string of the molecule is CC(c1ccccc1)c1nc2cc(C3=NNC(=O)CC3(C)C)ccc2o1. The number of amides is 1. The summed E-state index contributed by atoms with van der Waals surface area (Å²) in [4.78, 5) is 16.3. The van der Waals surface area contributed by atoms with Crippen LogP contribution in [0.1, 0.15) is 50.1 Å². The van der Waals surface area contributed by atoms with Crippen molar-refractivity contribution in [1.82, 2.24) is 10.4 Å². The van der Waals surface area contributed by atoms with Crippen LogP contribution in [0.3, 0.4) is 0 Å². The summed E-state index contributed by atoms with van der Waals surface area (Å²) in [5, 5.41) is 4.29. The molecule has 0 saturated heterocycles. The molecular formula is C21H21N3O2. The highest BCUT2D eigenvalue weighted by Crippen LogP contribution is 2.32. The normalized spacial score (nSPS) is 17.7. The van der Waals surface area contributed by atoms with E-state index in [0.717, 1.165) is 22.4 Å². The molecule has 1 amide bonds. The van der Waals surface area contributed by atoms with Crippen molar-refractivity contribution < 1.29 is 9.21 Å². The number of oxazole rings is 1. The van der Waals surface area contributed by atoms with Crippen LogP contribution in [0, 0.1) is 5.41 Å². The lowest BCUT2D eigenvalue weighted by Crippen LogP contribution is -2.39.